The van der Waals surface area contributed by atoms with Crippen LogP contribution in [-0.2, 0) is 9.47 Å². The molecule has 1 N–H and O–H groups in total. The normalized spacial score (nSPS) is 23.3. The predicted octanol–water partition coefficient (Wildman–Crippen LogP) is 6.31. The highest BCUT2D eigenvalue weighted by Crippen LogP contribution is 2.40. The first kappa shape index (κ1) is 22.6. The van der Waals surface area contributed by atoms with Crippen LogP contribution in [-0.4, -0.2) is 30.7 Å². The number of hydrogen-bond acceptors (Lipinski definition) is 3. The lowest BCUT2D eigenvalue weighted by Crippen LogP contribution is -2.22. The van der Waals surface area contributed by atoms with Crippen LogP contribution in [0, 0.1) is 5.41 Å². The van der Waals surface area contributed by atoms with Crippen LogP contribution < -0.4 is 0 Å². The molecule has 1 heterocycles. The topological polar surface area (TPSA) is 38.7 Å². The maximum absolute atomic E-state index is 10.2. The lowest BCUT2D eigenvalue weighted by molar-refractivity contribution is -0.162. The second-order valence-corrected chi connectivity index (χ2v) is 8.50. The molecule has 0 radical (unpaired) electrons. The molecule has 2 aliphatic rings. The number of aliphatic hydroxyl groups is 1. The number of ether oxygens (including phenoxy) is 2. The van der Waals surface area contributed by atoms with Crippen LogP contribution in [0.3, 0.4) is 0 Å². The molecule has 2 rings (SSSR count). The quantitative estimate of drug-likeness (QED) is 0.284. The minimum absolute atomic E-state index is 0.0560. The van der Waals surface area contributed by atoms with Crippen molar-refractivity contribution >= 4 is 0 Å². The van der Waals surface area contributed by atoms with Gasteiger partial charge in [0.1, 0.15) is 0 Å². The van der Waals surface area contributed by atoms with E-state index >= 15 is 0 Å². The van der Waals surface area contributed by atoms with E-state index in [1.165, 1.54) is 51.4 Å². The Morgan fingerprint density at radius 2 is 1.93 bits per heavy atom. The van der Waals surface area contributed by atoms with Gasteiger partial charge in [-0.25, -0.2) is 0 Å². The van der Waals surface area contributed by atoms with Crippen molar-refractivity contribution in [3.05, 3.63) is 24.3 Å². The second kappa shape index (κ2) is 13.5. The molecule has 0 bridgehead atoms. The Morgan fingerprint density at radius 1 is 1.11 bits per heavy atom. The van der Waals surface area contributed by atoms with Gasteiger partial charge >= 0.3 is 0 Å². The molecule has 1 saturated heterocycles. The summed E-state index contributed by atoms with van der Waals surface area (Å²) in [6.07, 6.45) is 25.1. The van der Waals surface area contributed by atoms with Crippen LogP contribution in [0.25, 0.3) is 0 Å². The van der Waals surface area contributed by atoms with Gasteiger partial charge in [-0.1, -0.05) is 69.8 Å². The number of aliphatic hydroxyl groups excluding tert-OH is 1. The van der Waals surface area contributed by atoms with Crippen molar-refractivity contribution < 1.29 is 14.6 Å². The van der Waals surface area contributed by atoms with Crippen LogP contribution in [0.15, 0.2) is 24.3 Å². The zero-order valence-corrected chi connectivity index (χ0v) is 17.5. The van der Waals surface area contributed by atoms with Crippen molar-refractivity contribution in [2.75, 3.05) is 13.2 Å². The fourth-order valence-electron chi connectivity index (χ4n) is 4.15. The monoisotopic (exact) mass is 378 g/mol. The summed E-state index contributed by atoms with van der Waals surface area (Å²) in [4.78, 5) is 0. The molecule has 0 spiro atoms. The van der Waals surface area contributed by atoms with Gasteiger partial charge in [0.05, 0.1) is 6.10 Å². The van der Waals surface area contributed by atoms with Crippen LogP contribution in [0.1, 0.15) is 96.8 Å². The Hall–Kier alpha value is -0.640. The Balaban J connectivity index is 1.57. The first-order valence-corrected chi connectivity index (χ1v) is 11.5. The molecule has 3 heteroatoms. The summed E-state index contributed by atoms with van der Waals surface area (Å²) >= 11 is 0. The predicted molar refractivity (Wildman–Crippen MR) is 113 cm³/mol. The molecule has 1 aliphatic heterocycles. The Morgan fingerprint density at radius 3 is 2.67 bits per heavy atom. The van der Waals surface area contributed by atoms with Crippen LogP contribution in [0.5, 0.6) is 0 Å². The third kappa shape index (κ3) is 9.40. The molecule has 0 aromatic heterocycles. The van der Waals surface area contributed by atoms with Gasteiger partial charge in [-0.05, 0) is 56.8 Å². The lowest BCUT2D eigenvalue weighted by Gasteiger charge is -2.26. The van der Waals surface area contributed by atoms with Gasteiger partial charge < -0.3 is 14.6 Å². The average molecular weight is 379 g/mol. The minimum atomic E-state index is -0.270. The van der Waals surface area contributed by atoms with E-state index in [0.717, 1.165) is 51.7 Å². The highest BCUT2D eigenvalue weighted by Gasteiger charge is 2.27. The van der Waals surface area contributed by atoms with Gasteiger partial charge in [0.2, 0.25) is 0 Å². The third-order valence-corrected chi connectivity index (χ3v) is 6.00. The van der Waals surface area contributed by atoms with Crippen molar-refractivity contribution in [2.45, 2.75) is 109 Å². The van der Waals surface area contributed by atoms with Gasteiger partial charge in [0.15, 0.2) is 6.29 Å². The largest absolute Gasteiger partial charge is 0.389 e. The highest BCUT2D eigenvalue weighted by atomic mass is 16.7. The summed E-state index contributed by atoms with van der Waals surface area (Å²) < 4.78 is 11.4. The summed E-state index contributed by atoms with van der Waals surface area (Å²) in [5, 5.41) is 10.2. The third-order valence-electron chi connectivity index (χ3n) is 6.00. The van der Waals surface area contributed by atoms with Gasteiger partial charge in [-0.15, -0.1) is 0 Å². The van der Waals surface area contributed by atoms with Gasteiger partial charge in [-0.3, -0.25) is 0 Å². The van der Waals surface area contributed by atoms with E-state index in [-0.39, 0.29) is 17.8 Å². The standard InChI is InChI=1S/C24H42O3/c1-2-3-6-13-22(25)15-19-24(17-9-10-18-24)16-8-4-5-11-20-26-23-14-7-12-21-27-23/h9-10,15,19,22-23,25H,2-8,11-14,16-18,20-21H2,1H3. The molecule has 0 saturated carbocycles. The zero-order valence-electron chi connectivity index (χ0n) is 17.5. The minimum Gasteiger partial charge on any atom is -0.389 e. The Bertz CT molecular complexity index is 415. The van der Waals surface area contributed by atoms with Crippen molar-refractivity contribution in [1.82, 2.24) is 0 Å². The number of unbranched alkanes of at least 4 members (excludes halogenated alkanes) is 5. The summed E-state index contributed by atoms with van der Waals surface area (Å²) in [5.74, 6) is 0. The van der Waals surface area contributed by atoms with E-state index in [4.69, 9.17) is 9.47 Å². The Labute approximate surface area is 167 Å². The van der Waals surface area contributed by atoms with Gasteiger partial charge in [0, 0.05) is 13.2 Å². The molecule has 2 unspecified atom stereocenters. The number of hydrogen-bond donors (Lipinski definition) is 1. The summed E-state index contributed by atoms with van der Waals surface area (Å²) in [7, 11) is 0. The molecule has 27 heavy (non-hydrogen) atoms. The first-order valence-electron chi connectivity index (χ1n) is 11.5. The van der Waals surface area contributed by atoms with E-state index in [9.17, 15) is 5.11 Å². The zero-order chi connectivity index (χ0) is 19.2. The molecule has 1 aliphatic carbocycles. The van der Waals surface area contributed by atoms with Crippen LogP contribution >= 0.6 is 0 Å². The summed E-state index contributed by atoms with van der Waals surface area (Å²) in [5.41, 5.74) is 0.262. The van der Waals surface area contributed by atoms with E-state index in [2.05, 4.69) is 31.2 Å². The first-order chi connectivity index (χ1) is 13.2. The van der Waals surface area contributed by atoms with Crippen LogP contribution in [0.4, 0.5) is 0 Å². The molecule has 3 nitrogen and oxygen atoms in total. The van der Waals surface area contributed by atoms with Crippen molar-refractivity contribution in [3.8, 4) is 0 Å². The second-order valence-electron chi connectivity index (χ2n) is 8.50. The average Bonchev–Trinajstić information content (AvgIpc) is 3.16. The maximum Gasteiger partial charge on any atom is 0.157 e. The summed E-state index contributed by atoms with van der Waals surface area (Å²) in [6.45, 7) is 3.90. The molecule has 2 atom stereocenters. The Kier molecular flexibility index (Phi) is 11.3. The smallest absolute Gasteiger partial charge is 0.157 e. The SMILES string of the molecule is CCCCCC(O)C=CC1(CCCCCCOC2CCCCO2)CC=CC1. The molecular formula is C24H42O3. The molecule has 0 aromatic carbocycles. The van der Waals surface area contributed by atoms with Crippen molar-refractivity contribution in [3.63, 3.8) is 0 Å². The summed E-state index contributed by atoms with van der Waals surface area (Å²) in [6, 6.07) is 0. The fourth-order valence-corrected chi connectivity index (χ4v) is 4.15. The fraction of sp³-hybridized carbons (Fsp3) is 0.833. The molecule has 0 aromatic rings. The van der Waals surface area contributed by atoms with E-state index in [0.29, 0.717) is 0 Å². The number of rotatable bonds is 14. The van der Waals surface area contributed by atoms with E-state index in [1.54, 1.807) is 0 Å². The van der Waals surface area contributed by atoms with Gasteiger partial charge in [0.25, 0.3) is 0 Å². The molecule has 1 fully saturated rings. The molecular weight excluding hydrogens is 336 g/mol. The van der Waals surface area contributed by atoms with Crippen LogP contribution in [0.2, 0.25) is 0 Å². The van der Waals surface area contributed by atoms with Gasteiger partial charge in [-0.2, -0.15) is 0 Å². The maximum atomic E-state index is 10.2. The van der Waals surface area contributed by atoms with Crippen molar-refractivity contribution in [2.24, 2.45) is 5.41 Å². The molecule has 156 valence electrons. The van der Waals surface area contributed by atoms with E-state index < -0.39 is 0 Å². The molecule has 0 amide bonds. The highest BCUT2D eigenvalue weighted by molar-refractivity contribution is 5.13. The lowest BCUT2D eigenvalue weighted by atomic mass is 9.79. The number of allylic oxidation sites excluding steroid dienone is 3. The van der Waals surface area contributed by atoms with Crippen molar-refractivity contribution in [1.29, 1.82) is 0 Å². The van der Waals surface area contributed by atoms with E-state index in [1.807, 2.05) is 0 Å².